The van der Waals surface area contributed by atoms with Gasteiger partial charge in [-0.3, -0.25) is 9.69 Å². The van der Waals surface area contributed by atoms with E-state index in [1.165, 1.54) is 6.42 Å². The number of hydrogen-bond donors (Lipinski definition) is 0. The Morgan fingerprint density at radius 2 is 1.74 bits per heavy atom. The number of anilines is 1. The van der Waals surface area contributed by atoms with Gasteiger partial charge in [0, 0.05) is 45.0 Å². The highest BCUT2D eigenvalue weighted by Gasteiger charge is 2.24. The van der Waals surface area contributed by atoms with Crippen molar-refractivity contribution in [3.05, 3.63) is 23.7 Å². The molecule has 2 fully saturated rings. The summed E-state index contributed by atoms with van der Waals surface area (Å²) in [7, 11) is 0. The first-order valence-electron chi connectivity index (χ1n) is 9.96. The van der Waals surface area contributed by atoms with Gasteiger partial charge in [0.15, 0.2) is 5.65 Å². The molecule has 0 spiro atoms. The number of hydrogen-bond acceptors (Lipinski definition) is 6. The molecule has 4 rings (SSSR count). The lowest BCUT2D eigenvalue weighted by Crippen LogP contribution is -2.51. The molecule has 0 bridgehead atoms. The summed E-state index contributed by atoms with van der Waals surface area (Å²) >= 11 is 0. The molecule has 0 atom stereocenters. The number of likely N-dealkylation sites (tertiary alicyclic amines) is 1. The highest BCUT2D eigenvalue weighted by Crippen LogP contribution is 2.26. The molecule has 2 aliphatic rings. The molecular weight excluding hydrogens is 340 g/mol. The highest BCUT2D eigenvalue weighted by molar-refractivity contribution is 5.90. The summed E-state index contributed by atoms with van der Waals surface area (Å²) in [6.07, 6.45) is 5.15. The van der Waals surface area contributed by atoms with Crippen LogP contribution in [0.2, 0.25) is 0 Å². The monoisotopic (exact) mass is 368 g/mol. The number of fused-ring (bicyclic) bond motifs is 1. The number of carbonyl (C=O) groups is 1. The lowest BCUT2D eigenvalue weighted by atomic mass is 10.1. The number of pyridine rings is 1. The van der Waals surface area contributed by atoms with Crippen molar-refractivity contribution in [2.75, 3.05) is 50.7 Å². The van der Waals surface area contributed by atoms with Crippen molar-refractivity contribution >= 4 is 22.8 Å². The van der Waals surface area contributed by atoms with Crippen LogP contribution in [0.4, 0.5) is 5.82 Å². The summed E-state index contributed by atoms with van der Waals surface area (Å²) in [5.74, 6) is 1.25. The van der Waals surface area contributed by atoms with Gasteiger partial charge in [0.1, 0.15) is 12.1 Å². The van der Waals surface area contributed by atoms with Gasteiger partial charge >= 0.3 is 0 Å². The normalized spacial score (nSPS) is 18.9. The Morgan fingerprint density at radius 3 is 2.48 bits per heavy atom. The maximum absolute atomic E-state index is 12.5. The van der Waals surface area contributed by atoms with Crippen LogP contribution in [0.5, 0.6) is 0 Å². The Kier molecular flexibility index (Phi) is 5.20. The van der Waals surface area contributed by atoms with Crippen LogP contribution in [-0.4, -0.2) is 76.5 Å². The molecule has 0 N–H and O–H groups in total. The number of aryl methyl sites for hydroxylation is 2. The first-order valence-corrected chi connectivity index (χ1v) is 9.96. The van der Waals surface area contributed by atoms with Crippen LogP contribution >= 0.6 is 0 Å². The third kappa shape index (κ3) is 3.88. The fraction of sp³-hybridized carbons (Fsp3) is 0.600. The zero-order valence-corrected chi connectivity index (χ0v) is 16.3. The number of nitrogens with zero attached hydrogens (tertiary/aromatic N) is 6. The van der Waals surface area contributed by atoms with Gasteiger partial charge in [-0.1, -0.05) is 0 Å². The van der Waals surface area contributed by atoms with E-state index in [0.717, 1.165) is 80.2 Å². The highest BCUT2D eigenvalue weighted by atomic mass is 16.2. The van der Waals surface area contributed by atoms with Gasteiger partial charge in [-0.2, -0.15) is 0 Å². The van der Waals surface area contributed by atoms with E-state index in [0.29, 0.717) is 6.54 Å². The van der Waals surface area contributed by atoms with Crippen molar-refractivity contribution in [3.8, 4) is 0 Å². The minimum atomic E-state index is 0.283. The van der Waals surface area contributed by atoms with Crippen LogP contribution in [-0.2, 0) is 4.79 Å². The molecule has 2 saturated heterocycles. The molecule has 0 unspecified atom stereocenters. The molecule has 0 saturated carbocycles. The standard InChI is InChI=1S/C20H28N6O/c1-15-12-16(2)23-19-18(15)20(22-14-21-19)26-10-8-24(9-11-26)13-17(27)25-6-4-3-5-7-25/h12,14H,3-11,13H2,1-2H3. The average Bonchev–Trinajstić information content (AvgIpc) is 2.68. The number of piperidine rings is 1. The topological polar surface area (TPSA) is 65.5 Å². The fourth-order valence-electron chi connectivity index (χ4n) is 4.18. The Morgan fingerprint density at radius 1 is 1.00 bits per heavy atom. The van der Waals surface area contributed by atoms with Crippen LogP contribution in [0.3, 0.4) is 0 Å². The lowest BCUT2D eigenvalue weighted by molar-refractivity contribution is -0.133. The summed E-state index contributed by atoms with van der Waals surface area (Å²) in [5.41, 5.74) is 2.90. The van der Waals surface area contributed by atoms with E-state index in [-0.39, 0.29) is 5.91 Å². The number of rotatable bonds is 3. The quantitative estimate of drug-likeness (QED) is 0.823. The largest absolute Gasteiger partial charge is 0.353 e. The Bertz CT molecular complexity index is 825. The van der Waals surface area contributed by atoms with Crippen molar-refractivity contribution in [1.82, 2.24) is 24.8 Å². The van der Waals surface area contributed by atoms with Gasteiger partial charge < -0.3 is 9.80 Å². The fourth-order valence-corrected chi connectivity index (χ4v) is 4.18. The number of piperazine rings is 1. The SMILES string of the molecule is Cc1cc(C)c2c(N3CCN(CC(=O)N4CCCCC4)CC3)ncnc2n1. The van der Waals surface area contributed by atoms with Crippen molar-refractivity contribution in [2.45, 2.75) is 33.1 Å². The van der Waals surface area contributed by atoms with E-state index in [1.54, 1.807) is 6.33 Å². The minimum Gasteiger partial charge on any atom is -0.353 e. The molecule has 2 aromatic rings. The number of aromatic nitrogens is 3. The molecule has 27 heavy (non-hydrogen) atoms. The minimum absolute atomic E-state index is 0.283. The first-order chi connectivity index (χ1) is 13.1. The molecule has 1 amide bonds. The zero-order chi connectivity index (χ0) is 18.8. The van der Waals surface area contributed by atoms with Crippen LogP contribution < -0.4 is 4.90 Å². The molecule has 2 aromatic heterocycles. The van der Waals surface area contributed by atoms with E-state index in [1.807, 2.05) is 11.8 Å². The van der Waals surface area contributed by atoms with E-state index >= 15 is 0 Å². The van der Waals surface area contributed by atoms with Gasteiger partial charge in [-0.15, -0.1) is 0 Å². The van der Waals surface area contributed by atoms with Crippen molar-refractivity contribution in [3.63, 3.8) is 0 Å². The van der Waals surface area contributed by atoms with Crippen LogP contribution in [0.1, 0.15) is 30.5 Å². The van der Waals surface area contributed by atoms with E-state index in [2.05, 4.69) is 37.7 Å². The third-order valence-corrected chi connectivity index (χ3v) is 5.65. The molecule has 0 aromatic carbocycles. The van der Waals surface area contributed by atoms with Crippen molar-refractivity contribution in [2.24, 2.45) is 0 Å². The van der Waals surface area contributed by atoms with Gasteiger partial charge in [0.25, 0.3) is 0 Å². The zero-order valence-electron chi connectivity index (χ0n) is 16.3. The van der Waals surface area contributed by atoms with Gasteiger partial charge in [-0.25, -0.2) is 15.0 Å². The summed E-state index contributed by atoms with van der Waals surface area (Å²) in [6, 6.07) is 2.09. The molecule has 2 aliphatic heterocycles. The molecule has 7 heteroatoms. The second-order valence-electron chi connectivity index (χ2n) is 7.68. The Balaban J connectivity index is 1.42. The predicted octanol–water partition coefficient (Wildman–Crippen LogP) is 1.78. The Hall–Kier alpha value is -2.28. The molecule has 0 aliphatic carbocycles. The average molecular weight is 368 g/mol. The smallest absolute Gasteiger partial charge is 0.236 e. The van der Waals surface area contributed by atoms with Crippen molar-refractivity contribution in [1.29, 1.82) is 0 Å². The van der Waals surface area contributed by atoms with Gasteiger partial charge in [0.05, 0.1) is 11.9 Å². The summed E-state index contributed by atoms with van der Waals surface area (Å²) in [6.45, 7) is 9.98. The second-order valence-corrected chi connectivity index (χ2v) is 7.68. The van der Waals surface area contributed by atoms with Crippen LogP contribution in [0, 0.1) is 13.8 Å². The number of carbonyl (C=O) groups excluding carboxylic acids is 1. The second kappa shape index (κ2) is 7.76. The molecule has 4 heterocycles. The molecule has 144 valence electrons. The summed E-state index contributed by atoms with van der Waals surface area (Å²) in [5, 5.41) is 1.04. The molecular formula is C20H28N6O. The summed E-state index contributed by atoms with van der Waals surface area (Å²) < 4.78 is 0. The molecule has 7 nitrogen and oxygen atoms in total. The maximum Gasteiger partial charge on any atom is 0.236 e. The van der Waals surface area contributed by atoms with E-state index in [9.17, 15) is 4.79 Å². The van der Waals surface area contributed by atoms with Gasteiger partial charge in [-0.05, 0) is 44.7 Å². The van der Waals surface area contributed by atoms with E-state index < -0.39 is 0 Å². The van der Waals surface area contributed by atoms with Crippen LogP contribution in [0.15, 0.2) is 12.4 Å². The maximum atomic E-state index is 12.5. The third-order valence-electron chi connectivity index (χ3n) is 5.65. The lowest BCUT2D eigenvalue weighted by Gasteiger charge is -2.36. The first kappa shape index (κ1) is 18.1. The number of amides is 1. The summed E-state index contributed by atoms with van der Waals surface area (Å²) in [4.78, 5) is 32.6. The van der Waals surface area contributed by atoms with Gasteiger partial charge in [0.2, 0.25) is 5.91 Å². The Labute approximate surface area is 160 Å². The van der Waals surface area contributed by atoms with Crippen LogP contribution in [0.25, 0.3) is 11.0 Å². The predicted molar refractivity (Wildman–Crippen MR) is 106 cm³/mol. The van der Waals surface area contributed by atoms with Crippen molar-refractivity contribution < 1.29 is 4.79 Å². The van der Waals surface area contributed by atoms with E-state index in [4.69, 9.17) is 0 Å². The molecule has 0 radical (unpaired) electrons.